The van der Waals surface area contributed by atoms with Gasteiger partial charge in [-0.2, -0.15) is 0 Å². The Bertz CT molecular complexity index is 565. The summed E-state index contributed by atoms with van der Waals surface area (Å²) in [5, 5.41) is 0. The van der Waals surface area contributed by atoms with Crippen LogP contribution in [0.2, 0.25) is 0 Å². The fraction of sp³-hybridized carbons (Fsp3) is 0.438. The molecule has 4 nitrogen and oxygen atoms in total. The molecule has 1 heterocycles. The van der Waals surface area contributed by atoms with Crippen molar-refractivity contribution in [1.29, 1.82) is 0 Å². The summed E-state index contributed by atoms with van der Waals surface area (Å²) in [5.41, 5.74) is 10.8. The number of carbonyl (C=O) groups is 1. The fourth-order valence-corrected chi connectivity index (χ4v) is 2.59. The highest BCUT2D eigenvalue weighted by atomic mass is 16.5. The maximum absolute atomic E-state index is 11.2. The van der Waals surface area contributed by atoms with Crippen molar-refractivity contribution in [3.63, 3.8) is 0 Å². The molecule has 0 fully saturated rings. The van der Waals surface area contributed by atoms with Crippen molar-refractivity contribution in [2.45, 2.75) is 39.7 Å². The van der Waals surface area contributed by atoms with Crippen LogP contribution in [0.4, 0.5) is 5.69 Å². The molecule has 0 spiro atoms. The third-order valence-electron chi connectivity index (χ3n) is 4.07. The predicted octanol–water partition coefficient (Wildman–Crippen LogP) is 2.62. The first kappa shape index (κ1) is 14.4. The van der Waals surface area contributed by atoms with Crippen LogP contribution in [-0.2, 0) is 16.0 Å². The number of benzene rings is 1. The van der Waals surface area contributed by atoms with Gasteiger partial charge in [0.1, 0.15) is 11.4 Å². The number of carbonyl (C=O) groups excluding carboxylic acids is 1. The van der Waals surface area contributed by atoms with Crippen molar-refractivity contribution in [2.24, 2.45) is 0 Å². The van der Waals surface area contributed by atoms with E-state index in [1.807, 2.05) is 27.7 Å². The zero-order chi connectivity index (χ0) is 15.1. The Morgan fingerprint density at radius 2 is 1.95 bits per heavy atom. The van der Waals surface area contributed by atoms with Gasteiger partial charge in [0, 0.05) is 23.7 Å². The van der Waals surface area contributed by atoms with Crippen molar-refractivity contribution >= 4 is 11.7 Å². The minimum absolute atomic E-state index is 0.380. The molecule has 1 aliphatic rings. The van der Waals surface area contributed by atoms with E-state index in [0.717, 1.165) is 33.7 Å². The molecule has 1 aromatic rings. The van der Waals surface area contributed by atoms with Crippen LogP contribution in [0, 0.1) is 20.8 Å². The van der Waals surface area contributed by atoms with E-state index in [1.54, 1.807) is 6.08 Å². The summed E-state index contributed by atoms with van der Waals surface area (Å²) in [7, 11) is 1.36. The summed E-state index contributed by atoms with van der Waals surface area (Å²) in [6.07, 6.45) is 3.86. The average molecular weight is 275 g/mol. The monoisotopic (exact) mass is 275 g/mol. The number of fused-ring (bicyclic) bond motifs is 1. The summed E-state index contributed by atoms with van der Waals surface area (Å²) in [5.74, 6) is 0.515. The van der Waals surface area contributed by atoms with Gasteiger partial charge in [-0.15, -0.1) is 0 Å². The minimum atomic E-state index is -0.535. The number of nitrogen functional groups attached to an aromatic ring is 1. The average Bonchev–Trinajstić information content (AvgIpc) is 2.79. The van der Waals surface area contributed by atoms with E-state index in [0.29, 0.717) is 6.42 Å². The van der Waals surface area contributed by atoms with Crippen molar-refractivity contribution in [3.05, 3.63) is 34.4 Å². The second-order valence-electron chi connectivity index (χ2n) is 5.54. The first-order chi connectivity index (χ1) is 9.29. The molecule has 0 bridgehead atoms. The van der Waals surface area contributed by atoms with Crippen LogP contribution in [0.3, 0.4) is 0 Å². The number of rotatable bonds is 2. The minimum Gasteiger partial charge on any atom is -0.483 e. The molecule has 1 atom stereocenters. The molecule has 2 rings (SSSR count). The van der Waals surface area contributed by atoms with E-state index >= 15 is 0 Å². The Labute approximate surface area is 119 Å². The quantitative estimate of drug-likeness (QED) is 0.512. The predicted molar refractivity (Wildman–Crippen MR) is 79.0 cm³/mol. The summed E-state index contributed by atoms with van der Waals surface area (Å²) in [6.45, 7) is 7.98. The number of ether oxygens (including phenoxy) is 2. The largest absolute Gasteiger partial charge is 0.483 e. The van der Waals surface area contributed by atoms with Gasteiger partial charge in [0.05, 0.1) is 7.11 Å². The number of hydrogen-bond donors (Lipinski definition) is 1. The number of anilines is 1. The topological polar surface area (TPSA) is 61.5 Å². The molecule has 1 aromatic carbocycles. The van der Waals surface area contributed by atoms with Gasteiger partial charge in [-0.25, -0.2) is 4.79 Å². The van der Waals surface area contributed by atoms with Crippen molar-refractivity contribution in [2.75, 3.05) is 12.8 Å². The number of esters is 1. The second-order valence-corrected chi connectivity index (χ2v) is 5.54. The number of nitrogens with two attached hydrogens (primary N) is 1. The summed E-state index contributed by atoms with van der Waals surface area (Å²) < 4.78 is 10.7. The van der Waals surface area contributed by atoms with Gasteiger partial charge in [-0.3, -0.25) is 0 Å². The molecule has 0 radical (unpaired) electrons. The second kappa shape index (κ2) is 4.85. The molecule has 4 heteroatoms. The fourth-order valence-electron chi connectivity index (χ4n) is 2.59. The van der Waals surface area contributed by atoms with Crippen molar-refractivity contribution in [3.8, 4) is 5.75 Å². The molecular weight excluding hydrogens is 254 g/mol. The van der Waals surface area contributed by atoms with Crippen LogP contribution in [0.15, 0.2) is 12.2 Å². The van der Waals surface area contributed by atoms with Gasteiger partial charge in [0.15, 0.2) is 0 Å². The Balaban J connectivity index is 2.41. The Kier molecular flexibility index (Phi) is 3.50. The van der Waals surface area contributed by atoms with E-state index in [2.05, 4.69) is 4.74 Å². The van der Waals surface area contributed by atoms with Gasteiger partial charge >= 0.3 is 5.97 Å². The zero-order valence-electron chi connectivity index (χ0n) is 12.7. The van der Waals surface area contributed by atoms with Crippen LogP contribution in [0.1, 0.15) is 29.2 Å². The van der Waals surface area contributed by atoms with Crippen molar-refractivity contribution in [1.82, 2.24) is 0 Å². The number of hydrogen-bond acceptors (Lipinski definition) is 4. The summed E-state index contributed by atoms with van der Waals surface area (Å²) in [4.78, 5) is 11.2. The van der Waals surface area contributed by atoms with Crippen LogP contribution in [0.5, 0.6) is 5.75 Å². The maximum atomic E-state index is 11.2. The maximum Gasteiger partial charge on any atom is 0.330 e. The van der Waals surface area contributed by atoms with Gasteiger partial charge in [-0.1, -0.05) is 0 Å². The lowest BCUT2D eigenvalue weighted by Gasteiger charge is -2.20. The van der Waals surface area contributed by atoms with Crippen LogP contribution in [0.25, 0.3) is 0 Å². The highest BCUT2D eigenvalue weighted by Crippen LogP contribution is 2.44. The molecule has 1 aliphatic heterocycles. The normalized spacial score (nSPS) is 20.9. The summed E-state index contributed by atoms with van der Waals surface area (Å²) in [6, 6.07) is 0. The third kappa shape index (κ3) is 2.26. The smallest absolute Gasteiger partial charge is 0.330 e. The highest BCUT2D eigenvalue weighted by Gasteiger charge is 2.36. The Morgan fingerprint density at radius 1 is 1.30 bits per heavy atom. The highest BCUT2D eigenvalue weighted by molar-refractivity contribution is 5.82. The van der Waals surface area contributed by atoms with Crippen molar-refractivity contribution < 1.29 is 14.3 Å². The molecule has 0 saturated carbocycles. The Morgan fingerprint density at radius 3 is 2.55 bits per heavy atom. The molecule has 0 saturated heterocycles. The van der Waals surface area contributed by atoms with Crippen LogP contribution < -0.4 is 10.5 Å². The number of methoxy groups -OCH3 is 1. The lowest BCUT2D eigenvalue weighted by atomic mass is 9.92. The van der Waals surface area contributed by atoms with Gasteiger partial charge in [0.25, 0.3) is 0 Å². The van der Waals surface area contributed by atoms with Gasteiger partial charge < -0.3 is 15.2 Å². The lowest BCUT2D eigenvalue weighted by molar-refractivity contribution is -0.134. The van der Waals surface area contributed by atoms with Gasteiger partial charge in [0.2, 0.25) is 0 Å². The first-order valence-electron chi connectivity index (χ1n) is 6.63. The molecule has 1 unspecified atom stereocenters. The third-order valence-corrected chi connectivity index (χ3v) is 4.07. The summed E-state index contributed by atoms with van der Waals surface area (Å²) >= 11 is 0. The van der Waals surface area contributed by atoms with E-state index in [9.17, 15) is 4.79 Å². The van der Waals surface area contributed by atoms with E-state index < -0.39 is 5.60 Å². The Hall–Kier alpha value is -1.97. The zero-order valence-corrected chi connectivity index (χ0v) is 12.7. The molecule has 108 valence electrons. The van der Waals surface area contributed by atoms with Crippen LogP contribution >= 0.6 is 0 Å². The first-order valence-corrected chi connectivity index (χ1v) is 6.63. The van der Waals surface area contributed by atoms with E-state index in [4.69, 9.17) is 10.5 Å². The van der Waals surface area contributed by atoms with Gasteiger partial charge in [-0.05, 0) is 50.5 Å². The van der Waals surface area contributed by atoms with E-state index in [1.165, 1.54) is 13.2 Å². The van der Waals surface area contributed by atoms with Crippen LogP contribution in [-0.4, -0.2) is 18.7 Å². The molecule has 2 N–H and O–H groups in total. The molecule has 0 aromatic heterocycles. The SMILES string of the molecule is COC(=O)/C=C/C1(C)Cc2c(C)c(N)c(C)c(C)c2O1. The lowest BCUT2D eigenvalue weighted by Crippen LogP contribution is -2.27. The molecule has 0 amide bonds. The van der Waals surface area contributed by atoms with E-state index in [-0.39, 0.29) is 5.97 Å². The standard InChI is InChI=1S/C16H21NO3/c1-9-10(2)15-12(11(3)14(9)17)8-16(4,20-15)7-6-13(18)19-5/h6-7H,8,17H2,1-5H3/b7-6+. The molecule has 0 aliphatic carbocycles. The molecule has 20 heavy (non-hydrogen) atoms. The molecular formula is C16H21NO3.